The zero-order valence-electron chi connectivity index (χ0n) is 29.6. The molecule has 9 nitrogen and oxygen atoms in total. The summed E-state index contributed by atoms with van der Waals surface area (Å²) < 4.78 is 6.66. The van der Waals surface area contributed by atoms with Gasteiger partial charge in [-0.3, -0.25) is 10.1 Å². The fourth-order valence-corrected chi connectivity index (χ4v) is 7.76. The summed E-state index contributed by atoms with van der Waals surface area (Å²) in [5.41, 5.74) is 9.02. The highest BCUT2D eigenvalue weighted by Gasteiger charge is 2.23. The van der Waals surface area contributed by atoms with Gasteiger partial charge in [-0.25, -0.2) is 4.79 Å². The molecule has 0 spiro atoms. The number of piperidine rings is 1. The predicted molar refractivity (Wildman–Crippen MR) is 216 cm³/mol. The maximum absolute atomic E-state index is 12.8. The first kappa shape index (κ1) is 36.0. The van der Waals surface area contributed by atoms with Crippen molar-refractivity contribution in [3.63, 3.8) is 0 Å². The second-order valence-electron chi connectivity index (χ2n) is 13.5. The number of fused-ring (bicyclic) bond motifs is 1. The molecule has 5 N–H and O–H groups in total. The molecule has 10 heteroatoms. The molecule has 2 heterocycles. The number of nitrogens with one attached hydrogen (secondary N) is 4. The molecular formula is C43H45N5O4S. The van der Waals surface area contributed by atoms with Crippen molar-refractivity contribution in [1.82, 2.24) is 15.2 Å². The van der Waals surface area contributed by atoms with Crippen LogP contribution in [0.1, 0.15) is 29.5 Å². The van der Waals surface area contributed by atoms with Gasteiger partial charge < -0.3 is 30.4 Å². The number of anilines is 3. The van der Waals surface area contributed by atoms with Crippen LogP contribution in [0.2, 0.25) is 0 Å². The molecule has 6 aromatic rings. The minimum Gasteiger partial charge on any atom is -0.506 e. The molecule has 0 atom stereocenters. The fourth-order valence-electron chi connectivity index (χ4n) is 6.87. The van der Waals surface area contributed by atoms with Crippen LogP contribution in [-0.2, 0) is 24.0 Å². The van der Waals surface area contributed by atoms with Crippen molar-refractivity contribution in [2.45, 2.75) is 38.2 Å². The van der Waals surface area contributed by atoms with Gasteiger partial charge in [-0.05, 0) is 104 Å². The number of amides is 1. The average Bonchev–Trinajstić information content (AvgIpc) is 3.59. The Hall–Kier alpha value is -5.42. The fraction of sp³-hybridized carbons (Fsp3) is 0.256. The number of aromatic hydroxyl groups is 1. The molecule has 53 heavy (non-hydrogen) atoms. The molecule has 1 amide bonds. The van der Waals surface area contributed by atoms with Gasteiger partial charge in [0.2, 0.25) is 0 Å². The summed E-state index contributed by atoms with van der Waals surface area (Å²) in [5.74, 6) is 0.113. The van der Waals surface area contributed by atoms with Crippen LogP contribution in [0.5, 0.6) is 5.75 Å². The second kappa shape index (κ2) is 17.4. The number of hydrogen-bond acceptors (Lipinski definition) is 8. The second-order valence-corrected chi connectivity index (χ2v) is 14.5. The number of hydrogen-bond donors (Lipinski definition) is 5. The van der Waals surface area contributed by atoms with E-state index in [4.69, 9.17) is 4.74 Å². The molecule has 0 radical (unpaired) electrons. The maximum Gasteiger partial charge on any atom is 0.411 e. The Labute approximate surface area is 313 Å². The lowest BCUT2D eigenvalue weighted by Crippen LogP contribution is -2.39. The number of likely N-dealkylation sites (tertiary alicyclic amines) is 1. The van der Waals surface area contributed by atoms with Crippen molar-refractivity contribution in [3.05, 3.63) is 142 Å². The Morgan fingerprint density at radius 2 is 1.58 bits per heavy atom. The summed E-state index contributed by atoms with van der Waals surface area (Å²) in [6.07, 6.45) is 3.81. The van der Waals surface area contributed by atoms with Gasteiger partial charge in [0.1, 0.15) is 17.4 Å². The zero-order valence-corrected chi connectivity index (χ0v) is 30.5. The van der Waals surface area contributed by atoms with Crippen LogP contribution in [0, 0.1) is 0 Å². The van der Waals surface area contributed by atoms with Crippen molar-refractivity contribution in [2.24, 2.45) is 0 Å². The standard InChI is InChI=1S/C43H45N5O4S/c49-39-18-15-33(41-40(39)47-43(51)53-41)20-25-44-24-19-30-13-16-34(17-14-30)45-35-10-6-7-31(29-35)21-26-48-27-22-36(23-28-48)52-42(50)46-38-12-5-4-11-37(38)32-8-2-1-3-9-32/h1-18,29,36,44-45,49H,19-28H2,(H,46,50)(H,47,51). The molecule has 1 aliphatic rings. The summed E-state index contributed by atoms with van der Waals surface area (Å²) in [6, 6.07) is 38.6. The van der Waals surface area contributed by atoms with Crippen LogP contribution in [0.4, 0.5) is 21.9 Å². The van der Waals surface area contributed by atoms with Crippen LogP contribution < -0.4 is 20.8 Å². The van der Waals surface area contributed by atoms with E-state index in [1.54, 1.807) is 6.07 Å². The van der Waals surface area contributed by atoms with E-state index < -0.39 is 6.09 Å². The third-order valence-corrected chi connectivity index (χ3v) is 10.7. The van der Waals surface area contributed by atoms with Gasteiger partial charge >= 0.3 is 11.0 Å². The number of nitrogens with zero attached hydrogens (tertiary/aromatic N) is 1. The number of para-hydroxylation sites is 1. The Bertz CT molecular complexity index is 2180. The number of aromatic nitrogens is 1. The van der Waals surface area contributed by atoms with Crippen LogP contribution in [0.25, 0.3) is 21.3 Å². The van der Waals surface area contributed by atoms with Gasteiger partial charge in [-0.2, -0.15) is 0 Å². The van der Waals surface area contributed by atoms with E-state index in [1.165, 1.54) is 11.1 Å². The third-order valence-electron chi connectivity index (χ3n) is 9.74. The predicted octanol–water partition coefficient (Wildman–Crippen LogP) is 8.34. The van der Waals surface area contributed by atoms with Crippen LogP contribution in [0.3, 0.4) is 0 Å². The molecular weight excluding hydrogens is 683 g/mol. The Balaban J connectivity index is 0.805. The SMILES string of the molecule is O=C(Nc1ccccc1-c1ccccc1)OC1CCN(CCc2cccc(Nc3ccc(CCNCCc4ccc(O)c5[nH]c(=O)sc45)cc3)c2)CC1. The van der Waals surface area contributed by atoms with E-state index in [2.05, 4.69) is 74.4 Å². The van der Waals surface area contributed by atoms with E-state index in [9.17, 15) is 14.7 Å². The summed E-state index contributed by atoms with van der Waals surface area (Å²) in [5, 5.41) is 20.0. The quantitative estimate of drug-likeness (QED) is 0.0716. The van der Waals surface area contributed by atoms with Crippen LogP contribution in [-0.4, -0.2) is 59.9 Å². The van der Waals surface area contributed by atoms with Gasteiger partial charge in [0.05, 0.1) is 10.4 Å². The number of phenolic OH excluding ortho intramolecular Hbond substituents is 1. The first-order valence-corrected chi connectivity index (χ1v) is 19.1. The molecule has 5 aromatic carbocycles. The van der Waals surface area contributed by atoms with Crippen molar-refractivity contribution in [1.29, 1.82) is 0 Å². The third kappa shape index (κ3) is 9.72. The van der Waals surface area contributed by atoms with Crippen molar-refractivity contribution >= 4 is 44.7 Å². The van der Waals surface area contributed by atoms with Crippen LogP contribution >= 0.6 is 11.3 Å². The lowest BCUT2D eigenvalue weighted by Gasteiger charge is -2.31. The summed E-state index contributed by atoms with van der Waals surface area (Å²) in [6.45, 7) is 4.40. The smallest absolute Gasteiger partial charge is 0.411 e. The molecule has 1 aromatic heterocycles. The first-order valence-electron chi connectivity index (χ1n) is 18.3. The van der Waals surface area contributed by atoms with Gasteiger partial charge in [-0.1, -0.05) is 90.2 Å². The number of ether oxygens (including phenoxy) is 1. The zero-order chi connectivity index (χ0) is 36.4. The van der Waals surface area contributed by atoms with E-state index >= 15 is 0 Å². The van der Waals surface area contributed by atoms with Crippen molar-refractivity contribution in [2.75, 3.05) is 43.4 Å². The van der Waals surface area contributed by atoms with E-state index in [-0.39, 0.29) is 16.7 Å². The number of carbonyl (C=O) groups is 1. The average molecular weight is 728 g/mol. The molecule has 1 fully saturated rings. The number of aromatic amines is 1. The number of H-pyrrole nitrogens is 1. The molecule has 7 rings (SSSR count). The first-order chi connectivity index (χ1) is 26.0. The van der Waals surface area contributed by atoms with Gasteiger partial charge in [0, 0.05) is 36.6 Å². The number of carbonyl (C=O) groups excluding carboxylic acids is 1. The molecule has 0 saturated carbocycles. The maximum atomic E-state index is 12.8. The van der Waals surface area contributed by atoms with Crippen molar-refractivity contribution in [3.8, 4) is 16.9 Å². The molecule has 1 aliphatic heterocycles. The van der Waals surface area contributed by atoms with E-state index in [0.29, 0.717) is 5.52 Å². The molecule has 0 bridgehead atoms. The minimum atomic E-state index is -0.401. The number of benzene rings is 5. The summed E-state index contributed by atoms with van der Waals surface area (Å²) >= 11 is 1.14. The Morgan fingerprint density at radius 1 is 0.811 bits per heavy atom. The largest absolute Gasteiger partial charge is 0.506 e. The highest BCUT2D eigenvalue weighted by atomic mass is 32.1. The number of thiazole rings is 1. The molecule has 0 aliphatic carbocycles. The van der Waals surface area contributed by atoms with Gasteiger partial charge in [0.15, 0.2) is 0 Å². The van der Waals surface area contributed by atoms with Crippen molar-refractivity contribution < 1.29 is 14.6 Å². The molecule has 0 unspecified atom stereocenters. The molecule has 272 valence electrons. The summed E-state index contributed by atoms with van der Waals surface area (Å²) in [4.78, 5) is 29.6. The highest BCUT2D eigenvalue weighted by molar-refractivity contribution is 7.16. The van der Waals surface area contributed by atoms with E-state index in [0.717, 1.165) is 115 Å². The lowest BCUT2D eigenvalue weighted by atomic mass is 10.0. The van der Waals surface area contributed by atoms with E-state index in [1.807, 2.05) is 60.7 Å². The van der Waals surface area contributed by atoms with Gasteiger partial charge in [-0.15, -0.1) is 0 Å². The van der Waals surface area contributed by atoms with Gasteiger partial charge in [0.25, 0.3) is 0 Å². The lowest BCUT2D eigenvalue weighted by molar-refractivity contribution is 0.0593. The molecule has 1 saturated heterocycles. The number of phenols is 1. The Kier molecular flexibility index (Phi) is 11.8. The Morgan fingerprint density at radius 3 is 2.42 bits per heavy atom. The summed E-state index contributed by atoms with van der Waals surface area (Å²) in [7, 11) is 0. The monoisotopic (exact) mass is 727 g/mol. The normalized spacial score (nSPS) is 13.6. The topological polar surface area (TPSA) is 119 Å². The highest BCUT2D eigenvalue weighted by Crippen LogP contribution is 2.29. The van der Waals surface area contributed by atoms with Crippen LogP contribution in [0.15, 0.2) is 120 Å². The number of rotatable bonds is 14. The minimum absolute atomic E-state index is 0.0892.